The summed E-state index contributed by atoms with van der Waals surface area (Å²) in [7, 11) is -5.79. The molecule has 0 fully saturated rings. The topological polar surface area (TPSA) is 156 Å². The Morgan fingerprint density at radius 1 is 0.750 bits per heavy atom. The van der Waals surface area contributed by atoms with Gasteiger partial charge in [0.15, 0.2) is 0 Å². The maximum atomic E-state index is 5.06. The van der Waals surface area contributed by atoms with Crippen molar-refractivity contribution in [2.45, 2.75) is 0 Å². The average molecular weight is 277 g/mol. The van der Waals surface area contributed by atoms with Crippen LogP contribution in [-0.4, -0.2) is 0 Å². The van der Waals surface area contributed by atoms with Crippen LogP contribution >= 0.6 is 13.6 Å². The molecule has 0 aromatic carbocycles. The minimum absolute atomic E-state index is 2.52. The molecule has 0 bridgehead atoms. The van der Waals surface area contributed by atoms with Crippen LogP contribution in [0.4, 0.5) is 0 Å². The first-order valence-corrected chi connectivity index (χ1v) is 11.4. The Balaban J connectivity index is 5.14. The molecule has 57 valence electrons. The second-order valence-electron chi connectivity index (χ2n) is 2.23. The molecule has 6 nitrogen and oxygen atoms in total. The van der Waals surface area contributed by atoms with E-state index < -0.39 is 10.7 Å². The number of hydrogen-bond acceptors (Lipinski definition) is 6. The molecule has 8 heavy (non-hydrogen) atoms. The van der Waals surface area contributed by atoms with E-state index in [1.165, 1.54) is 0 Å². The molecule has 0 saturated heterocycles. The van der Waals surface area contributed by atoms with Crippen LogP contribution in [0.25, 0.3) is 0 Å². The van der Waals surface area contributed by atoms with E-state index in [1.54, 1.807) is 0 Å². The predicted molar refractivity (Wildman–Crippen MR) is 34.1 cm³/mol. The average Bonchev–Trinajstić information content (AvgIpc) is 0.544. The fourth-order valence-corrected chi connectivity index (χ4v) is 0. The normalized spacial score (nSPS) is 27.1. The van der Waals surface area contributed by atoms with Crippen molar-refractivity contribution in [3.8, 4) is 0 Å². The Hall–Kier alpha value is 0.863. The molecule has 0 spiro atoms. The van der Waals surface area contributed by atoms with E-state index in [1.807, 2.05) is 0 Å². The van der Waals surface area contributed by atoms with Gasteiger partial charge < -0.3 is 0 Å². The summed E-state index contributed by atoms with van der Waals surface area (Å²) in [5, 5.41) is 0. The SMILES string of the molecule is [NH2][Ru]([NH2])([NH2])([NH2])([NH2])([NH2])[Br]. The Labute approximate surface area is 51.4 Å². The fourth-order valence-electron chi connectivity index (χ4n) is 0. The maximum absolute atomic E-state index is 5.79. The first-order chi connectivity index (χ1) is 2.65. The minimum atomic E-state index is -5.79. The van der Waals surface area contributed by atoms with Crippen LogP contribution in [-0.2, 0) is 10.7 Å². The summed E-state index contributed by atoms with van der Waals surface area (Å²) in [6.07, 6.45) is 0. The number of rotatable bonds is 0. The van der Waals surface area contributed by atoms with Crippen LogP contribution in [0.15, 0.2) is 0 Å². The molecule has 0 heterocycles. The summed E-state index contributed by atoms with van der Waals surface area (Å²) < 4.78 is 30.3. The van der Waals surface area contributed by atoms with Gasteiger partial charge in [-0.3, -0.25) is 0 Å². The van der Waals surface area contributed by atoms with Gasteiger partial charge in [0.05, 0.1) is 0 Å². The van der Waals surface area contributed by atoms with E-state index in [-0.39, 0.29) is 0 Å². The van der Waals surface area contributed by atoms with Gasteiger partial charge >= 0.3 is 51.2 Å². The van der Waals surface area contributed by atoms with Crippen molar-refractivity contribution in [3.05, 3.63) is 0 Å². The fraction of sp³-hybridized carbons (Fsp3) is 0. The molecule has 0 rings (SSSR count). The van der Waals surface area contributed by atoms with Crippen molar-refractivity contribution in [2.75, 3.05) is 0 Å². The summed E-state index contributed by atoms with van der Waals surface area (Å²) >= 11 is 2.52. The number of hydrogen-bond donors (Lipinski definition) is 6. The molecule has 0 aliphatic heterocycles. The van der Waals surface area contributed by atoms with Crippen LogP contribution in [0.1, 0.15) is 0 Å². The van der Waals surface area contributed by atoms with Crippen molar-refractivity contribution in [1.82, 2.24) is 0 Å². The van der Waals surface area contributed by atoms with Gasteiger partial charge in [-0.1, -0.05) is 0 Å². The van der Waals surface area contributed by atoms with Gasteiger partial charge in [-0.05, 0) is 0 Å². The molecular weight excluding hydrogens is 265 g/mol. The Kier molecular flexibility index (Phi) is 0.859. The molecule has 0 radical (unpaired) electrons. The third-order valence-corrected chi connectivity index (χ3v) is 0. The number of nitrogens with two attached hydrogens (primary N) is 6. The molecule has 12 N–H and O–H groups in total. The third-order valence-electron chi connectivity index (χ3n) is 0. The molecule has 0 aromatic rings. The Bertz CT molecular complexity index is 101. The van der Waals surface area contributed by atoms with Gasteiger partial charge in [0.1, 0.15) is 0 Å². The summed E-state index contributed by atoms with van der Waals surface area (Å²) in [6, 6.07) is 0. The van der Waals surface area contributed by atoms with Crippen LogP contribution < -0.4 is 26.9 Å². The van der Waals surface area contributed by atoms with Crippen molar-refractivity contribution in [2.24, 2.45) is 26.9 Å². The van der Waals surface area contributed by atoms with Crippen molar-refractivity contribution in [3.63, 3.8) is 0 Å². The molecule has 0 aliphatic carbocycles. The van der Waals surface area contributed by atoms with E-state index in [2.05, 4.69) is 13.6 Å². The van der Waals surface area contributed by atoms with E-state index in [0.717, 1.165) is 0 Å². The molecule has 0 amide bonds. The summed E-state index contributed by atoms with van der Waals surface area (Å²) in [4.78, 5) is 0. The monoisotopic (exact) mass is 277 g/mol. The summed E-state index contributed by atoms with van der Waals surface area (Å²) in [5.41, 5.74) is 0. The zero-order chi connectivity index (χ0) is 7.38. The van der Waals surface area contributed by atoms with Crippen LogP contribution in [0, 0.1) is 0 Å². The molecule has 0 atom stereocenters. The Morgan fingerprint density at radius 3 is 0.750 bits per heavy atom. The van der Waals surface area contributed by atoms with E-state index >= 15 is 0 Å². The quantitative estimate of drug-likeness (QED) is 0.264. The van der Waals surface area contributed by atoms with Gasteiger partial charge in [0.25, 0.3) is 0 Å². The number of halogens is 1. The van der Waals surface area contributed by atoms with Crippen molar-refractivity contribution < 1.29 is 10.7 Å². The van der Waals surface area contributed by atoms with Crippen LogP contribution in [0.5, 0.6) is 0 Å². The van der Waals surface area contributed by atoms with Crippen molar-refractivity contribution in [1.29, 1.82) is 0 Å². The molecule has 0 saturated carbocycles. The van der Waals surface area contributed by atoms with Gasteiger partial charge in [-0.2, -0.15) is 0 Å². The van der Waals surface area contributed by atoms with Gasteiger partial charge in [0.2, 0.25) is 0 Å². The third kappa shape index (κ3) is 317. The van der Waals surface area contributed by atoms with E-state index in [4.69, 9.17) is 26.9 Å². The summed E-state index contributed by atoms with van der Waals surface area (Å²) in [5.74, 6) is 0. The van der Waals surface area contributed by atoms with Gasteiger partial charge in [0, 0.05) is 0 Å². The standard InChI is InChI=1S/BrH.6H2N.Ru/h1H;6*1H2;/q;6*-1;+7/p-1. The van der Waals surface area contributed by atoms with Crippen molar-refractivity contribution >= 4 is 13.6 Å². The van der Waals surface area contributed by atoms with E-state index in [9.17, 15) is 0 Å². The molecule has 0 aliphatic rings. The predicted octanol–water partition coefficient (Wildman–Crippen LogP) is -2.70. The molecular formula is H12BrN6Ru. The van der Waals surface area contributed by atoms with Crippen LogP contribution in [0.3, 0.4) is 0 Å². The summed E-state index contributed by atoms with van der Waals surface area (Å²) in [6.45, 7) is 0. The van der Waals surface area contributed by atoms with Gasteiger partial charge in [-0.25, -0.2) is 0 Å². The zero-order valence-corrected chi connectivity index (χ0v) is 7.52. The second kappa shape index (κ2) is 0.775. The van der Waals surface area contributed by atoms with E-state index in [0.29, 0.717) is 0 Å². The second-order valence-corrected chi connectivity index (χ2v) is 24.7. The van der Waals surface area contributed by atoms with Gasteiger partial charge in [-0.15, -0.1) is 0 Å². The Morgan fingerprint density at radius 2 is 0.750 bits per heavy atom. The van der Waals surface area contributed by atoms with Crippen LogP contribution in [0.2, 0.25) is 0 Å². The zero-order valence-electron chi connectivity index (χ0n) is 4.20. The molecule has 8 heteroatoms. The molecule has 0 unspecified atom stereocenters. The molecule has 0 aromatic heterocycles. The first kappa shape index (κ1) is 8.86. The first-order valence-electron chi connectivity index (χ1n) is 1.36.